The Labute approximate surface area is 145 Å². The number of aliphatic hydroxyl groups is 1. The Morgan fingerprint density at radius 3 is 2.52 bits per heavy atom. The average molecular weight is 342 g/mol. The van der Waals surface area contributed by atoms with Gasteiger partial charge >= 0.3 is 0 Å². The van der Waals surface area contributed by atoms with Gasteiger partial charge in [-0.1, -0.05) is 6.92 Å². The molecule has 0 saturated heterocycles. The van der Waals surface area contributed by atoms with Crippen molar-refractivity contribution < 1.29 is 5.11 Å². The molecule has 9 nitrogen and oxygen atoms in total. The molecule has 3 rings (SSSR count). The fourth-order valence-corrected chi connectivity index (χ4v) is 2.38. The van der Waals surface area contributed by atoms with Gasteiger partial charge in [0.25, 0.3) is 0 Å². The molecule has 0 radical (unpaired) electrons. The van der Waals surface area contributed by atoms with Gasteiger partial charge in [-0.3, -0.25) is 0 Å². The van der Waals surface area contributed by atoms with Crippen molar-refractivity contribution in [2.24, 2.45) is 0 Å². The van der Waals surface area contributed by atoms with E-state index < -0.39 is 0 Å². The highest BCUT2D eigenvalue weighted by Gasteiger charge is 2.17. The molecule has 3 aromatic heterocycles. The Bertz CT molecular complexity index is 829. The van der Waals surface area contributed by atoms with Gasteiger partial charge in [0.1, 0.15) is 0 Å². The summed E-state index contributed by atoms with van der Waals surface area (Å²) in [6.07, 6.45) is 5.80. The number of nitrogens with one attached hydrogen (secondary N) is 2. The predicted molar refractivity (Wildman–Crippen MR) is 95.8 cm³/mol. The normalized spacial score (nSPS) is 12.5. The van der Waals surface area contributed by atoms with Crippen molar-refractivity contribution in [1.82, 2.24) is 29.5 Å². The van der Waals surface area contributed by atoms with E-state index in [1.807, 2.05) is 11.5 Å². The molecule has 0 bridgehead atoms. The van der Waals surface area contributed by atoms with Gasteiger partial charge in [-0.25, -0.2) is 15.0 Å². The van der Waals surface area contributed by atoms with Gasteiger partial charge in [0.15, 0.2) is 17.0 Å². The van der Waals surface area contributed by atoms with Crippen molar-refractivity contribution in [1.29, 1.82) is 0 Å². The van der Waals surface area contributed by atoms with E-state index in [9.17, 15) is 5.11 Å². The number of anilines is 3. The van der Waals surface area contributed by atoms with Gasteiger partial charge in [0.05, 0.1) is 19.0 Å². The van der Waals surface area contributed by atoms with Gasteiger partial charge < -0.3 is 20.3 Å². The molecule has 0 aliphatic heterocycles. The van der Waals surface area contributed by atoms with Crippen LogP contribution in [0, 0.1) is 0 Å². The van der Waals surface area contributed by atoms with E-state index in [2.05, 4.69) is 49.4 Å². The van der Waals surface area contributed by atoms with Gasteiger partial charge in [-0.05, 0) is 26.3 Å². The van der Waals surface area contributed by atoms with E-state index in [4.69, 9.17) is 0 Å². The van der Waals surface area contributed by atoms with Gasteiger partial charge in [-0.15, -0.1) is 0 Å². The van der Waals surface area contributed by atoms with E-state index in [0.29, 0.717) is 28.9 Å². The van der Waals surface area contributed by atoms with Crippen LogP contribution in [-0.4, -0.2) is 47.2 Å². The topological polar surface area (TPSA) is 114 Å². The van der Waals surface area contributed by atoms with Crippen LogP contribution in [0.2, 0.25) is 0 Å². The summed E-state index contributed by atoms with van der Waals surface area (Å²) in [5.74, 6) is 1.38. The Hall–Kier alpha value is -2.81. The van der Waals surface area contributed by atoms with Crippen molar-refractivity contribution in [3.63, 3.8) is 0 Å². The fourth-order valence-electron chi connectivity index (χ4n) is 2.38. The first-order valence-electron chi connectivity index (χ1n) is 8.28. The maximum atomic E-state index is 9.44. The summed E-state index contributed by atoms with van der Waals surface area (Å²) >= 11 is 0. The molecule has 132 valence electrons. The SMILES string of the molecule is CC[C@@H](CO)Nc1nc(Nc2ncccn2)c2ncn(C(C)C)c2n1. The van der Waals surface area contributed by atoms with Gasteiger partial charge in [0, 0.05) is 18.4 Å². The second-order valence-electron chi connectivity index (χ2n) is 5.94. The lowest BCUT2D eigenvalue weighted by atomic mass is 10.2. The van der Waals surface area contributed by atoms with E-state index in [1.165, 1.54) is 0 Å². The summed E-state index contributed by atoms with van der Waals surface area (Å²) in [4.78, 5) is 21.9. The highest BCUT2D eigenvalue weighted by atomic mass is 16.3. The molecule has 3 N–H and O–H groups in total. The maximum Gasteiger partial charge on any atom is 0.228 e. The molecule has 0 fully saturated rings. The Balaban J connectivity index is 2.06. The number of imidazole rings is 1. The second-order valence-corrected chi connectivity index (χ2v) is 5.94. The molecular formula is C16H22N8O. The highest BCUT2D eigenvalue weighted by molar-refractivity contribution is 5.85. The van der Waals surface area contributed by atoms with Crippen LogP contribution >= 0.6 is 0 Å². The predicted octanol–water partition coefficient (Wildman–Crippen LogP) is 2.12. The lowest BCUT2D eigenvalue weighted by Gasteiger charge is -2.15. The van der Waals surface area contributed by atoms with Crippen LogP contribution in [0.3, 0.4) is 0 Å². The zero-order valence-electron chi connectivity index (χ0n) is 14.5. The molecule has 0 spiro atoms. The van der Waals surface area contributed by atoms with Crippen LogP contribution in [0.1, 0.15) is 33.2 Å². The third-order valence-electron chi connectivity index (χ3n) is 3.82. The molecule has 0 aromatic carbocycles. The molecule has 0 aliphatic rings. The molecule has 0 saturated carbocycles. The summed E-state index contributed by atoms with van der Waals surface area (Å²) < 4.78 is 1.97. The van der Waals surface area contributed by atoms with E-state index in [-0.39, 0.29) is 18.7 Å². The summed E-state index contributed by atoms with van der Waals surface area (Å²) in [5.41, 5.74) is 1.35. The Morgan fingerprint density at radius 1 is 1.12 bits per heavy atom. The molecule has 9 heteroatoms. The van der Waals surface area contributed by atoms with Crippen molar-refractivity contribution in [2.45, 2.75) is 39.3 Å². The molecule has 3 heterocycles. The molecule has 0 aliphatic carbocycles. The molecular weight excluding hydrogens is 320 g/mol. The highest BCUT2D eigenvalue weighted by Crippen LogP contribution is 2.25. The lowest BCUT2D eigenvalue weighted by molar-refractivity contribution is 0.271. The summed E-state index contributed by atoms with van der Waals surface area (Å²) in [6.45, 7) is 6.12. The summed E-state index contributed by atoms with van der Waals surface area (Å²) in [6, 6.07) is 1.83. The number of rotatable bonds is 7. The maximum absolute atomic E-state index is 9.44. The van der Waals surface area contributed by atoms with Crippen LogP contribution in [0.4, 0.5) is 17.7 Å². The number of hydrogen-bond donors (Lipinski definition) is 3. The third kappa shape index (κ3) is 3.66. The molecule has 3 aromatic rings. The van der Waals surface area contributed by atoms with Crippen molar-refractivity contribution in [3.05, 3.63) is 24.8 Å². The standard InChI is InChI=1S/C16H22N8O/c1-4-11(8-25)20-16-22-13(21-15-17-6-5-7-18-15)12-14(23-16)24(9-19-12)10(2)3/h5-7,9-11,25H,4,8H2,1-3H3,(H2,17,18,20,21,22,23)/t11-/m0/s1. The Kier molecular flexibility index (Phi) is 5.03. The molecule has 0 amide bonds. The quantitative estimate of drug-likeness (QED) is 0.598. The van der Waals surface area contributed by atoms with Crippen LogP contribution in [0.15, 0.2) is 24.8 Å². The third-order valence-corrected chi connectivity index (χ3v) is 3.82. The monoisotopic (exact) mass is 342 g/mol. The smallest absolute Gasteiger partial charge is 0.228 e. The van der Waals surface area contributed by atoms with Crippen LogP contribution in [-0.2, 0) is 0 Å². The van der Waals surface area contributed by atoms with Crippen molar-refractivity contribution in [3.8, 4) is 0 Å². The van der Waals surface area contributed by atoms with Gasteiger partial charge in [-0.2, -0.15) is 9.97 Å². The summed E-state index contributed by atoms with van der Waals surface area (Å²) in [7, 11) is 0. The van der Waals surface area contributed by atoms with Gasteiger partial charge in [0.2, 0.25) is 11.9 Å². The largest absolute Gasteiger partial charge is 0.394 e. The van der Waals surface area contributed by atoms with Crippen LogP contribution in [0.25, 0.3) is 11.2 Å². The second kappa shape index (κ2) is 7.39. The van der Waals surface area contributed by atoms with Crippen molar-refractivity contribution in [2.75, 3.05) is 17.2 Å². The lowest BCUT2D eigenvalue weighted by Crippen LogP contribution is -2.24. The van der Waals surface area contributed by atoms with E-state index in [0.717, 1.165) is 6.42 Å². The number of aromatic nitrogens is 6. The number of aliphatic hydroxyl groups excluding tert-OH is 1. The molecule has 0 unspecified atom stereocenters. The first kappa shape index (κ1) is 17.0. The number of fused-ring (bicyclic) bond motifs is 1. The fraction of sp³-hybridized carbons (Fsp3) is 0.438. The van der Waals surface area contributed by atoms with E-state index >= 15 is 0 Å². The first-order valence-corrected chi connectivity index (χ1v) is 8.28. The minimum absolute atomic E-state index is 0.00585. The van der Waals surface area contributed by atoms with Crippen molar-refractivity contribution >= 4 is 28.9 Å². The van der Waals surface area contributed by atoms with Crippen LogP contribution in [0.5, 0.6) is 0 Å². The molecule has 1 atom stereocenters. The minimum Gasteiger partial charge on any atom is -0.394 e. The average Bonchev–Trinajstić information content (AvgIpc) is 3.05. The first-order chi connectivity index (χ1) is 12.1. The van der Waals surface area contributed by atoms with E-state index in [1.54, 1.807) is 24.8 Å². The number of nitrogens with zero attached hydrogens (tertiary/aromatic N) is 6. The van der Waals surface area contributed by atoms with Crippen LogP contribution < -0.4 is 10.6 Å². The minimum atomic E-state index is -0.117. The number of hydrogen-bond acceptors (Lipinski definition) is 8. The summed E-state index contributed by atoms with van der Waals surface area (Å²) in [5, 5.41) is 15.7. The zero-order valence-corrected chi connectivity index (χ0v) is 14.5. The molecule has 25 heavy (non-hydrogen) atoms. The zero-order chi connectivity index (χ0) is 17.8. The Morgan fingerprint density at radius 2 is 1.88 bits per heavy atom.